The number of alkyl halides is 3. The molecule has 0 aliphatic rings. The zero-order valence-electron chi connectivity index (χ0n) is 9.41. The van der Waals surface area contributed by atoms with E-state index >= 15 is 0 Å². The van der Waals surface area contributed by atoms with Crippen LogP contribution in [-0.2, 0) is 11.3 Å². The summed E-state index contributed by atoms with van der Waals surface area (Å²) in [6.07, 6.45) is -5.33. The summed E-state index contributed by atoms with van der Waals surface area (Å²) in [4.78, 5) is 11.4. The molecule has 0 fully saturated rings. The minimum Gasteiger partial charge on any atom is -0.460 e. The number of rotatable bonds is 4. The highest BCUT2D eigenvalue weighted by atomic mass is 19.4. The number of esters is 1. The molecule has 8 heteroatoms. The van der Waals surface area contributed by atoms with E-state index in [1.807, 2.05) is 0 Å². The Morgan fingerprint density at radius 3 is 2.59 bits per heavy atom. The first kappa shape index (κ1) is 13.5. The van der Waals surface area contributed by atoms with Gasteiger partial charge >= 0.3 is 12.1 Å². The second kappa shape index (κ2) is 5.15. The molecule has 0 spiro atoms. The van der Waals surface area contributed by atoms with E-state index in [0.717, 1.165) is 4.57 Å². The number of nitrogens with zero attached hydrogens (tertiary/aromatic N) is 3. The van der Waals surface area contributed by atoms with E-state index in [0.29, 0.717) is 0 Å². The third kappa shape index (κ3) is 3.72. The topological polar surface area (TPSA) is 57.0 Å². The maximum atomic E-state index is 12.1. The monoisotopic (exact) mass is 251 g/mol. The molecule has 0 bridgehead atoms. The van der Waals surface area contributed by atoms with Gasteiger partial charge in [-0.15, -0.1) is 10.2 Å². The molecule has 0 radical (unpaired) electrons. The Kier molecular flexibility index (Phi) is 4.08. The van der Waals surface area contributed by atoms with Crippen LogP contribution in [0.25, 0.3) is 0 Å². The SMILES string of the molecule is CCOC(=O)c1nnc(C)n1CCC(F)(F)F. The molecule has 0 N–H and O–H groups in total. The molecule has 0 aliphatic carbocycles. The summed E-state index contributed by atoms with van der Waals surface area (Å²) in [5.74, 6) is -0.721. The number of carbonyl (C=O) groups is 1. The van der Waals surface area contributed by atoms with Gasteiger partial charge in [0.05, 0.1) is 13.0 Å². The highest BCUT2D eigenvalue weighted by molar-refractivity contribution is 5.85. The molecular formula is C9H12F3N3O2. The molecule has 0 saturated heterocycles. The number of carbonyl (C=O) groups excluding carboxylic acids is 1. The second-order valence-corrected chi connectivity index (χ2v) is 3.31. The van der Waals surface area contributed by atoms with Crippen molar-refractivity contribution in [3.8, 4) is 0 Å². The predicted octanol–water partition coefficient (Wildman–Crippen LogP) is 1.72. The number of aryl methyl sites for hydroxylation is 1. The van der Waals surface area contributed by atoms with Crippen LogP contribution >= 0.6 is 0 Å². The van der Waals surface area contributed by atoms with Crippen molar-refractivity contribution in [3.05, 3.63) is 11.6 Å². The van der Waals surface area contributed by atoms with E-state index in [2.05, 4.69) is 14.9 Å². The van der Waals surface area contributed by atoms with E-state index in [4.69, 9.17) is 0 Å². The minimum absolute atomic E-state index is 0.129. The van der Waals surface area contributed by atoms with Gasteiger partial charge in [0.25, 0.3) is 0 Å². The van der Waals surface area contributed by atoms with Crippen LogP contribution in [0.4, 0.5) is 13.2 Å². The molecular weight excluding hydrogens is 239 g/mol. The maximum Gasteiger partial charge on any atom is 0.390 e. The van der Waals surface area contributed by atoms with Crippen LogP contribution in [0, 0.1) is 6.92 Å². The van der Waals surface area contributed by atoms with Gasteiger partial charge in [-0.05, 0) is 13.8 Å². The van der Waals surface area contributed by atoms with Crippen molar-refractivity contribution in [3.63, 3.8) is 0 Å². The van der Waals surface area contributed by atoms with Gasteiger partial charge in [-0.3, -0.25) is 0 Å². The lowest BCUT2D eigenvalue weighted by Crippen LogP contribution is -2.18. The zero-order chi connectivity index (χ0) is 13.1. The lowest BCUT2D eigenvalue weighted by Gasteiger charge is -2.09. The van der Waals surface area contributed by atoms with Gasteiger partial charge in [0.15, 0.2) is 0 Å². The van der Waals surface area contributed by atoms with Crippen molar-refractivity contribution in [2.24, 2.45) is 0 Å². The van der Waals surface area contributed by atoms with E-state index in [1.54, 1.807) is 6.92 Å². The van der Waals surface area contributed by atoms with Crippen molar-refractivity contribution < 1.29 is 22.7 Å². The van der Waals surface area contributed by atoms with Crippen LogP contribution in [0.2, 0.25) is 0 Å². The van der Waals surface area contributed by atoms with Gasteiger partial charge in [-0.25, -0.2) is 4.79 Å². The summed E-state index contributed by atoms with van der Waals surface area (Å²) in [6, 6.07) is 0. The van der Waals surface area contributed by atoms with Crippen LogP contribution in [0.3, 0.4) is 0 Å². The summed E-state index contributed by atoms with van der Waals surface area (Å²) in [6.45, 7) is 2.81. The molecule has 0 saturated carbocycles. The van der Waals surface area contributed by atoms with Crippen LogP contribution in [0.15, 0.2) is 0 Å². The smallest absolute Gasteiger partial charge is 0.390 e. The summed E-state index contributed by atoms with van der Waals surface area (Å²) in [5, 5.41) is 7.07. The fourth-order valence-corrected chi connectivity index (χ4v) is 1.23. The molecule has 17 heavy (non-hydrogen) atoms. The van der Waals surface area contributed by atoms with E-state index in [1.165, 1.54) is 6.92 Å². The normalized spacial score (nSPS) is 11.6. The van der Waals surface area contributed by atoms with Crippen molar-refractivity contribution >= 4 is 5.97 Å². The van der Waals surface area contributed by atoms with E-state index in [9.17, 15) is 18.0 Å². The Balaban J connectivity index is 2.83. The molecule has 0 aliphatic heterocycles. The van der Waals surface area contributed by atoms with Gasteiger partial charge in [0.2, 0.25) is 5.82 Å². The molecule has 1 heterocycles. The van der Waals surface area contributed by atoms with Crippen LogP contribution in [0.5, 0.6) is 0 Å². The summed E-state index contributed by atoms with van der Waals surface area (Å²) >= 11 is 0. The average molecular weight is 251 g/mol. The van der Waals surface area contributed by atoms with E-state index in [-0.39, 0.29) is 18.3 Å². The average Bonchev–Trinajstić information content (AvgIpc) is 2.56. The van der Waals surface area contributed by atoms with Crippen molar-refractivity contribution in [2.45, 2.75) is 33.0 Å². The molecule has 96 valence electrons. The van der Waals surface area contributed by atoms with Gasteiger partial charge < -0.3 is 9.30 Å². The Labute approximate surface area is 95.6 Å². The van der Waals surface area contributed by atoms with Crippen LogP contribution < -0.4 is 0 Å². The van der Waals surface area contributed by atoms with Gasteiger partial charge in [-0.2, -0.15) is 13.2 Å². The Bertz CT molecular complexity index is 401. The van der Waals surface area contributed by atoms with Gasteiger partial charge in [-0.1, -0.05) is 0 Å². The molecule has 0 aromatic carbocycles. The van der Waals surface area contributed by atoms with Gasteiger partial charge in [0.1, 0.15) is 5.82 Å². The first-order chi connectivity index (χ1) is 7.85. The van der Waals surface area contributed by atoms with Gasteiger partial charge in [0, 0.05) is 6.54 Å². The number of aromatic nitrogens is 3. The maximum absolute atomic E-state index is 12.1. The minimum atomic E-state index is -4.29. The van der Waals surface area contributed by atoms with Crippen LogP contribution in [-0.4, -0.2) is 33.5 Å². The molecule has 0 unspecified atom stereocenters. The van der Waals surface area contributed by atoms with Crippen molar-refractivity contribution in [2.75, 3.05) is 6.61 Å². The Morgan fingerprint density at radius 1 is 1.41 bits per heavy atom. The molecule has 0 amide bonds. The van der Waals surface area contributed by atoms with Crippen molar-refractivity contribution in [1.29, 1.82) is 0 Å². The fraction of sp³-hybridized carbons (Fsp3) is 0.667. The van der Waals surface area contributed by atoms with Crippen LogP contribution in [0.1, 0.15) is 29.8 Å². The predicted molar refractivity (Wildman–Crippen MR) is 51.4 cm³/mol. The van der Waals surface area contributed by atoms with E-state index < -0.39 is 25.1 Å². The highest BCUT2D eigenvalue weighted by Gasteiger charge is 2.28. The zero-order valence-corrected chi connectivity index (χ0v) is 9.41. The summed E-state index contributed by atoms with van der Waals surface area (Å²) in [7, 11) is 0. The Hall–Kier alpha value is -1.60. The molecule has 1 aromatic heterocycles. The standard InChI is InChI=1S/C9H12F3N3O2/c1-3-17-8(16)7-14-13-6(2)15(7)5-4-9(10,11)12/h3-5H2,1-2H3. The third-order valence-corrected chi connectivity index (χ3v) is 2.01. The van der Waals surface area contributed by atoms with Crippen molar-refractivity contribution in [1.82, 2.24) is 14.8 Å². The fourth-order valence-electron chi connectivity index (χ4n) is 1.23. The lowest BCUT2D eigenvalue weighted by molar-refractivity contribution is -0.136. The quantitative estimate of drug-likeness (QED) is 0.764. The molecule has 1 rings (SSSR count). The number of ether oxygens (including phenoxy) is 1. The second-order valence-electron chi connectivity index (χ2n) is 3.31. The third-order valence-electron chi connectivity index (χ3n) is 2.01. The largest absolute Gasteiger partial charge is 0.460 e. The summed E-state index contributed by atoms with van der Waals surface area (Å²) < 4.78 is 42.0. The number of hydrogen-bond donors (Lipinski definition) is 0. The Morgan fingerprint density at radius 2 is 2.06 bits per heavy atom. The highest BCUT2D eigenvalue weighted by Crippen LogP contribution is 2.21. The molecule has 5 nitrogen and oxygen atoms in total. The lowest BCUT2D eigenvalue weighted by atomic mass is 10.4. The number of hydrogen-bond acceptors (Lipinski definition) is 4. The molecule has 0 atom stereocenters. The molecule has 1 aromatic rings. The first-order valence-corrected chi connectivity index (χ1v) is 4.99. The number of halogens is 3. The summed E-state index contributed by atoms with van der Waals surface area (Å²) in [5.41, 5.74) is 0. The first-order valence-electron chi connectivity index (χ1n) is 4.99.